The van der Waals surface area contributed by atoms with Crippen molar-refractivity contribution in [3.05, 3.63) is 63.8 Å². The second kappa shape index (κ2) is 8.19. The van der Waals surface area contributed by atoms with E-state index < -0.39 is 0 Å². The predicted octanol–water partition coefficient (Wildman–Crippen LogP) is 1.94. The van der Waals surface area contributed by atoms with Gasteiger partial charge in [0.1, 0.15) is 0 Å². The zero-order valence-electron chi connectivity index (χ0n) is 16.6. The minimum Gasteiger partial charge on any atom is -0.352 e. The Hall–Kier alpha value is -2.96. The number of aromatic nitrogens is 2. The highest BCUT2D eigenvalue weighted by atomic mass is 16.2. The molecule has 0 bridgehead atoms. The van der Waals surface area contributed by atoms with Crippen LogP contribution in [0.1, 0.15) is 58.0 Å². The van der Waals surface area contributed by atoms with E-state index in [1.807, 2.05) is 17.0 Å². The van der Waals surface area contributed by atoms with E-state index in [0.717, 1.165) is 25.1 Å². The lowest BCUT2D eigenvalue weighted by atomic mass is 9.93. The summed E-state index contributed by atoms with van der Waals surface area (Å²) in [5.74, 6) is 0.639. The molecule has 1 atom stereocenters. The largest absolute Gasteiger partial charge is 0.352 e. The van der Waals surface area contributed by atoms with Crippen molar-refractivity contribution in [3.8, 4) is 0 Å². The lowest BCUT2D eigenvalue weighted by molar-refractivity contribution is 0.0705. The first-order chi connectivity index (χ1) is 14.0. The molecule has 1 saturated heterocycles. The zero-order valence-corrected chi connectivity index (χ0v) is 16.6. The molecule has 2 amide bonds. The number of hydrogen-bond donors (Lipinski definition) is 1. The number of likely N-dealkylation sites (tertiary alicyclic amines) is 1. The predicted molar refractivity (Wildman–Crippen MR) is 109 cm³/mol. The van der Waals surface area contributed by atoms with Crippen LogP contribution in [0, 0.1) is 5.92 Å². The molecule has 2 aliphatic rings. The fourth-order valence-electron chi connectivity index (χ4n) is 3.75. The number of hydrogen-bond acceptors (Lipinski definition) is 4. The molecule has 7 heteroatoms. The van der Waals surface area contributed by atoms with Crippen molar-refractivity contribution >= 4 is 11.8 Å². The second-order valence-corrected chi connectivity index (χ2v) is 8.08. The van der Waals surface area contributed by atoms with Crippen LogP contribution in [0.15, 0.2) is 41.5 Å². The monoisotopic (exact) mass is 394 g/mol. The van der Waals surface area contributed by atoms with E-state index in [1.165, 1.54) is 23.5 Å². The summed E-state index contributed by atoms with van der Waals surface area (Å²) in [6, 6.07) is 6.72. The van der Waals surface area contributed by atoms with Crippen LogP contribution in [0.2, 0.25) is 0 Å². The van der Waals surface area contributed by atoms with Crippen molar-refractivity contribution in [3.63, 3.8) is 0 Å². The van der Waals surface area contributed by atoms with Gasteiger partial charge in [-0.25, -0.2) is 0 Å². The first-order valence-electron chi connectivity index (χ1n) is 10.2. The molecule has 2 fully saturated rings. The molecule has 0 radical (unpaired) electrons. The summed E-state index contributed by atoms with van der Waals surface area (Å²) in [5.41, 5.74) is 1.86. The van der Waals surface area contributed by atoms with Crippen molar-refractivity contribution in [2.45, 2.75) is 31.6 Å². The summed E-state index contributed by atoms with van der Waals surface area (Å²) in [5, 5.41) is 2.95. The number of pyridine rings is 2. The third-order valence-corrected chi connectivity index (χ3v) is 5.76. The summed E-state index contributed by atoms with van der Waals surface area (Å²) < 4.78 is 1.42. The standard InChI is InChI=1S/C22H26N4O3/c1-25-13-18(7-9-20(25)27)22(29)26-10-2-3-17(14-26)19-8-6-16(12-23-19)21(28)24-11-15-4-5-15/h6-9,12-13,15,17H,2-5,10-11,14H2,1H3,(H,24,28)/t17-/m1/s1. The van der Waals surface area contributed by atoms with Crippen LogP contribution in [-0.4, -0.2) is 45.9 Å². The second-order valence-electron chi connectivity index (χ2n) is 8.08. The molecule has 2 aromatic rings. The summed E-state index contributed by atoms with van der Waals surface area (Å²) in [6.07, 6.45) is 7.47. The average molecular weight is 394 g/mol. The van der Waals surface area contributed by atoms with Crippen LogP contribution in [0.5, 0.6) is 0 Å². The molecule has 0 spiro atoms. The Labute approximate surface area is 169 Å². The SMILES string of the molecule is Cn1cc(C(=O)N2CCC[C@@H](c3ccc(C(=O)NCC4CC4)cn3)C2)ccc1=O. The number of nitrogens with zero attached hydrogens (tertiary/aromatic N) is 3. The molecule has 1 aliphatic heterocycles. The number of aryl methyl sites for hydroxylation is 1. The molecule has 0 unspecified atom stereocenters. The molecule has 3 heterocycles. The Bertz CT molecular complexity index is 963. The maximum absolute atomic E-state index is 12.9. The number of carbonyl (C=O) groups excluding carboxylic acids is 2. The van der Waals surface area contributed by atoms with Gasteiger partial charge in [0.2, 0.25) is 5.56 Å². The molecule has 29 heavy (non-hydrogen) atoms. The van der Waals surface area contributed by atoms with E-state index >= 15 is 0 Å². The maximum Gasteiger partial charge on any atom is 0.255 e. The van der Waals surface area contributed by atoms with Crippen molar-refractivity contribution in [1.82, 2.24) is 19.8 Å². The van der Waals surface area contributed by atoms with Crippen LogP contribution >= 0.6 is 0 Å². The minimum atomic E-state index is -0.136. The van der Waals surface area contributed by atoms with Crippen LogP contribution in [-0.2, 0) is 7.05 Å². The topological polar surface area (TPSA) is 84.3 Å². The maximum atomic E-state index is 12.9. The normalized spacial score (nSPS) is 19.1. The van der Waals surface area contributed by atoms with Gasteiger partial charge in [0, 0.05) is 56.8 Å². The van der Waals surface area contributed by atoms with Gasteiger partial charge in [0.05, 0.1) is 11.1 Å². The van der Waals surface area contributed by atoms with Crippen LogP contribution < -0.4 is 10.9 Å². The van der Waals surface area contributed by atoms with Gasteiger partial charge < -0.3 is 14.8 Å². The third-order valence-electron chi connectivity index (χ3n) is 5.76. The molecule has 1 saturated carbocycles. The minimum absolute atomic E-state index is 0.0682. The van der Waals surface area contributed by atoms with Crippen LogP contribution in [0.3, 0.4) is 0 Å². The van der Waals surface area contributed by atoms with E-state index in [1.54, 1.807) is 25.5 Å². The molecular weight excluding hydrogens is 368 g/mol. The molecule has 7 nitrogen and oxygen atoms in total. The number of carbonyl (C=O) groups is 2. The van der Waals surface area contributed by atoms with E-state index in [-0.39, 0.29) is 23.3 Å². The fraction of sp³-hybridized carbons (Fsp3) is 0.455. The Morgan fingerprint density at radius 1 is 1.14 bits per heavy atom. The van der Waals surface area contributed by atoms with E-state index in [2.05, 4.69) is 10.3 Å². The van der Waals surface area contributed by atoms with Gasteiger partial charge in [0.15, 0.2) is 0 Å². The number of piperidine rings is 1. The van der Waals surface area contributed by atoms with E-state index in [9.17, 15) is 14.4 Å². The average Bonchev–Trinajstić information content (AvgIpc) is 3.58. The van der Waals surface area contributed by atoms with Gasteiger partial charge in [-0.1, -0.05) is 0 Å². The van der Waals surface area contributed by atoms with Gasteiger partial charge in [-0.2, -0.15) is 0 Å². The van der Waals surface area contributed by atoms with Crippen molar-refractivity contribution in [1.29, 1.82) is 0 Å². The zero-order chi connectivity index (χ0) is 20.4. The Balaban J connectivity index is 1.40. The quantitative estimate of drug-likeness (QED) is 0.840. The Morgan fingerprint density at radius 2 is 1.93 bits per heavy atom. The van der Waals surface area contributed by atoms with Gasteiger partial charge in [0.25, 0.3) is 11.8 Å². The number of rotatable bonds is 5. The molecule has 0 aromatic carbocycles. The number of nitrogens with one attached hydrogen (secondary N) is 1. The first kappa shape index (κ1) is 19.4. The van der Waals surface area contributed by atoms with Crippen LogP contribution in [0.4, 0.5) is 0 Å². The Kier molecular flexibility index (Phi) is 5.47. The Morgan fingerprint density at radius 3 is 2.62 bits per heavy atom. The highest BCUT2D eigenvalue weighted by Gasteiger charge is 2.27. The lowest BCUT2D eigenvalue weighted by Gasteiger charge is -2.32. The van der Waals surface area contributed by atoms with Gasteiger partial charge in [-0.15, -0.1) is 0 Å². The molecule has 4 rings (SSSR count). The summed E-state index contributed by atoms with van der Waals surface area (Å²) in [7, 11) is 1.64. The molecule has 2 aromatic heterocycles. The molecule has 1 aliphatic carbocycles. The highest BCUT2D eigenvalue weighted by molar-refractivity contribution is 5.94. The summed E-state index contributed by atoms with van der Waals surface area (Å²) >= 11 is 0. The lowest BCUT2D eigenvalue weighted by Crippen LogP contribution is -2.39. The smallest absolute Gasteiger partial charge is 0.255 e. The van der Waals surface area contributed by atoms with Crippen molar-refractivity contribution in [2.75, 3.05) is 19.6 Å². The van der Waals surface area contributed by atoms with Gasteiger partial charge in [-0.05, 0) is 49.8 Å². The van der Waals surface area contributed by atoms with Gasteiger partial charge >= 0.3 is 0 Å². The van der Waals surface area contributed by atoms with E-state index in [0.29, 0.717) is 30.1 Å². The van der Waals surface area contributed by atoms with Gasteiger partial charge in [-0.3, -0.25) is 19.4 Å². The molecule has 152 valence electrons. The van der Waals surface area contributed by atoms with Crippen molar-refractivity contribution in [2.24, 2.45) is 13.0 Å². The van der Waals surface area contributed by atoms with Crippen molar-refractivity contribution < 1.29 is 9.59 Å². The first-order valence-corrected chi connectivity index (χ1v) is 10.2. The van der Waals surface area contributed by atoms with Crippen LogP contribution in [0.25, 0.3) is 0 Å². The molecular formula is C22H26N4O3. The summed E-state index contributed by atoms with van der Waals surface area (Å²) in [6.45, 7) is 2.02. The van der Waals surface area contributed by atoms with E-state index in [4.69, 9.17) is 0 Å². The number of amides is 2. The fourth-order valence-corrected chi connectivity index (χ4v) is 3.75. The highest BCUT2D eigenvalue weighted by Crippen LogP contribution is 2.28. The third kappa shape index (κ3) is 4.55. The molecule has 1 N–H and O–H groups in total. The summed E-state index contributed by atoms with van der Waals surface area (Å²) in [4.78, 5) is 42.9.